The molecule has 25 heavy (non-hydrogen) atoms. The number of hydrogen-bond donors (Lipinski definition) is 1. The number of carbonyl (C=O) groups is 1. The predicted molar refractivity (Wildman–Crippen MR) is 99.4 cm³/mol. The third kappa shape index (κ3) is 3.50. The molecule has 0 spiro atoms. The van der Waals surface area contributed by atoms with Crippen molar-refractivity contribution >= 4 is 16.9 Å². The molecule has 1 amide bonds. The van der Waals surface area contributed by atoms with E-state index < -0.39 is 0 Å². The lowest BCUT2D eigenvalue weighted by Crippen LogP contribution is -2.35. The molecule has 0 aliphatic heterocycles. The summed E-state index contributed by atoms with van der Waals surface area (Å²) < 4.78 is 3.10. The van der Waals surface area contributed by atoms with Gasteiger partial charge >= 0.3 is 5.69 Å². The minimum Gasteiger partial charge on any atom is -0.348 e. The van der Waals surface area contributed by atoms with E-state index in [0.29, 0.717) is 0 Å². The van der Waals surface area contributed by atoms with Crippen LogP contribution in [-0.4, -0.2) is 15.0 Å². The zero-order chi connectivity index (χ0) is 17.8. The van der Waals surface area contributed by atoms with Gasteiger partial charge in [0.05, 0.1) is 17.1 Å². The number of fused-ring (bicyclic) bond motifs is 1. The van der Waals surface area contributed by atoms with Crippen LogP contribution in [0.15, 0.2) is 59.4 Å². The van der Waals surface area contributed by atoms with Crippen LogP contribution in [0, 0.1) is 0 Å². The van der Waals surface area contributed by atoms with Crippen LogP contribution in [0.2, 0.25) is 0 Å². The van der Waals surface area contributed by atoms with Crippen molar-refractivity contribution in [2.75, 3.05) is 0 Å². The second-order valence-electron chi connectivity index (χ2n) is 6.24. The molecule has 2 aromatic carbocycles. The Morgan fingerprint density at radius 2 is 1.68 bits per heavy atom. The van der Waals surface area contributed by atoms with Gasteiger partial charge in [-0.25, -0.2) is 4.79 Å². The molecule has 130 valence electrons. The second kappa shape index (κ2) is 7.38. The molecular weight excluding hydrogens is 314 g/mol. The average Bonchev–Trinajstić information content (AvgIpc) is 2.87. The zero-order valence-electron chi connectivity index (χ0n) is 14.6. The Kier molecular flexibility index (Phi) is 5.03. The zero-order valence-corrected chi connectivity index (χ0v) is 14.6. The third-order valence-electron chi connectivity index (χ3n) is 4.47. The van der Waals surface area contributed by atoms with Crippen LogP contribution in [0.5, 0.6) is 0 Å². The summed E-state index contributed by atoms with van der Waals surface area (Å²) in [6.07, 6.45) is 1.83. The number of nitrogens with one attached hydrogen (secondary N) is 1. The molecule has 1 unspecified atom stereocenters. The number of benzene rings is 2. The smallest absolute Gasteiger partial charge is 0.329 e. The number of aryl methyl sites for hydroxylation is 1. The van der Waals surface area contributed by atoms with Gasteiger partial charge in [-0.1, -0.05) is 55.8 Å². The molecule has 1 heterocycles. The van der Waals surface area contributed by atoms with Crippen molar-refractivity contribution in [3.63, 3.8) is 0 Å². The first kappa shape index (κ1) is 17.0. The highest BCUT2D eigenvalue weighted by atomic mass is 16.2. The standard InChI is InChI=1S/C20H23N3O2/c1-3-9-16(15-10-5-4-6-11-15)21-19(24)14-23-18-13-8-7-12-17(18)22(2)20(23)25/h4-8,10-13,16H,3,9,14H2,1-2H3,(H,21,24). The monoisotopic (exact) mass is 337 g/mol. The van der Waals surface area contributed by atoms with E-state index in [2.05, 4.69) is 12.2 Å². The average molecular weight is 337 g/mol. The lowest BCUT2D eigenvalue weighted by atomic mass is 10.0. The maximum atomic E-state index is 12.6. The number of para-hydroxylation sites is 2. The molecule has 5 heteroatoms. The number of aromatic nitrogens is 2. The van der Waals surface area contributed by atoms with E-state index in [4.69, 9.17) is 0 Å². The van der Waals surface area contributed by atoms with Gasteiger partial charge in [0.2, 0.25) is 5.91 Å². The lowest BCUT2D eigenvalue weighted by Gasteiger charge is -2.18. The summed E-state index contributed by atoms with van der Waals surface area (Å²) in [5, 5.41) is 3.08. The molecule has 1 atom stereocenters. The van der Waals surface area contributed by atoms with Gasteiger partial charge in [-0.2, -0.15) is 0 Å². The maximum absolute atomic E-state index is 12.6. The van der Waals surface area contributed by atoms with Gasteiger partial charge in [0.15, 0.2) is 0 Å². The number of hydrogen-bond acceptors (Lipinski definition) is 2. The Hall–Kier alpha value is -2.82. The van der Waals surface area contributed by atoms with Crippen molar-refractivity contribution in [2.24, 2.45) is 7.05 Å². The van der Waals surface area contributed by atoms with Crippen LogP contribution in [0.4, 0.5) is 0 Å². The van der Waals surface area contributed by atoms with E-state index in [1.165, 1.54) is 4.57 Å². The summed E-state index contributed by atoms with van der Waals surface area (Å²) in [5.41, 5.74) is 2.51. The fraction of sp³-hybridized carbons (Fsp3) is 0.300. The van der Waals surface area contributed by atoms with Gasteiger partial charge in [-0.3, -0.25) is 13.9 Å². The Morgan fingerprint density at radius 1 is 1.04 bits per heavy atom. The highest BCUT2D eigenvalue weighted by molar-refractivity contribution is 5.81. The first-order chi connectivity index (χ1) is 12.1. The largest absolute Gasteiger partial charge is 0.348 e. The molecule has 0 aliphatic carbocycles. The first-order valence-corrected chi connectivity index (χ1v) is 8.60. The topological polar surface area (TPSA) is 56.0 Å². The van der Waals surface area contributed by atoms with Crippen LogP contribution in [0.25, 0.3) is 11.0 Å². The van der Waals surface area contributed by atoms with Gasteiger partial charge in [0, 0.05) is 7.05 Å². The highest BCUT2D eigenvalue weighted by Gasteiger charge is 2.17. The van der Waals surface area contributed by atoms with Crippen molar-refractivity contribution in [3.8, 4) is 0 Å². The lowest BCUT2D eigenvalue weighted by molar-refractivity contribution is -0.122. The summed E-state index contributed by atoms with van der Waals surface area (Å²) >= 11 is 0. The Labute approximate surface area is 146 Å². The molecule has 3 aromatic rings. The molecule has 0 radical (unpaired) electrons. The summed E-state index contributed by atoms with van der Waals surface area (Å²) in [6.45, 7) is 2.12. The molecule has 5 nitrogen and oxygen atoms in total. The molecule has 3 rings (SSSR count). The van der Waals surface area contributed by atoms with Crippen molar-refractivity contribution in [1.29, 1.82) is 0 Å². The predicted octanol–water partition coefficient (Wildman–Crippen LogP) is 3.00. The number of imidazole rings is 1. The van der Waals surface area contributed by atoms with E-state index in [-0.39, 0.29) is 24.2 Å². The van der Waals surface area contributed by atoms with Crippen LogP contribution in [0.1, 0.15) is 31.4 Å². The SMILES string of the molecule is CCCC(NC(=O)Cn1c(=O)n(C)c2ccccc21)c1ccccc1. The minimum absolute atomic E-state index is 0.0211. The summed E-state index contributed by atoms with van der Waals surface area (Å²) in [7, 11) is 1.73. The second-order valence-corrected chi connectivity index (χ2v) is 6.24. The number of carbonyl (C=O) groups excluding carboxylic acids is 1. The van der Waals surface area contributed by atoms with Crippen LogP contribution >= 0.6 is 0 Å². The quantitative estimate of drug-likeness (QED) is 0.752. The number of nitrogens with zero attached hydrogens (tertiary/aromatic N) is 2. The first-order valence-electron chi connectivity index (χ1n) is 8.60. The van der Waals surface area contributed by atoms with Gasteiger partial charge in [0.1, 0.15) is 6.54 Å². The van der Waals surface area contributed by atoms with Gasteiger partial charge < -0.3 is 5.32 Å². The Morgan fingerprint density at radius 3 is 2.36 bits per heavy atom. The number of rotatable bonds is 6. The molecular formula is C20H23N3O2. The third-order valence-corrected chi connectivity index (χ3v) is 4.47. The molecule has 1 N–H and O–H groups in total. The summed E-state index contributed by atoms with van der Waals surface area (Å²) in [5.74, 6) is -0.152. The van der Waals surface area contributed by atoms with E-state index in [1.54, 1.807) is 11.6 Å². The van der Waals surface area contributed by atoms with E-state index in [0.717, 1.165) is 29.4 Å². The van der Waals surface area contributed by atoms with Crippen LogP contribution < -0.4 is 11.0 Å². The van der Waals surface area contributed by atoms with Crippen LogP contribution in [0.3, 0.4) is 0 Å². The Balaban J connectivity index is 1.83. The molecule has 0 aliphatic rings. The maximum Gasteiger partial charge on any atom is 0.329 e. The molecule has 1 aromatic heterocycles. The van der Waals surface area contributed by atoms with Gasteiger partial charge in [-0.15, -0.1) is 0 Å². The van der Waals surface area contributed by atoms with E-state index >= 15 is 0 Å². The van der Waals surface area contributed by atoms with E-state index in [9.17, 15) is 9.59 Å². The molecule has 0 saturated carbocycles. The molecule has 0 fully saturated rings. The number of amides is 1. The van der Waals surface area contributed by atoms with E-state index in [1.807, 2.05) is 54.6 Å². The fourth-order valence-corrected chi connectivity index (χ4v) is 3.20. The molecule has 0 bridgehead atoms. The fourth-order valence-electron chi connectivity index (χ4n) is 3.20. The van der Waals surface area contributed by atoms with Crippen molar-refractivity contribution < 1.29 is 4.79 Å². The van der Waals surface area contributed by atoms with Gasteiger partial charge in [0.25, 0.3) is 0 Å². The normalized spacial score (nSPS) is 12.2. The van der Waals surface area contributed by atoms with Crippen molar-refractivity contribution in [1.82, 2.24) is 14.5 Å². The van der Waals surface area contributed by atoms with Crippen molar-refractivity contribution in [3.05, 3.63) is 70.6 Å². The summed E-state index contributed by atoms with van der Waals surface area (Å²) in [6, 6.07) is 17.4. The highest BCUT2D eigenvalue weighted by Crippen LogP contribution is 2.18. The minimum atomic E-state index is -0.178. The van der Waals surface area contributed by atoms with Crippen molar-refractivity contribution in [2.45, 2.75) is 32.4 Å². The molecule has 0 saturated heterocycles. The van der Waals surface area contributed by atoms with Crippen LogP contribution in [-0.2, 0) is 18.4 Å². The summed E-state index contributed by atoms with van der Waals surface area (Å²) in [4.78, 5) is 25.0. The Bertz CT molecular complexity index is 925. The van der Waals surface area contributed by atoms with Gasteiger partial charge in [-0.05, 0) is 24.1 Å².